The number of amides is 3. The van der Waals surface area contributed by atoms with E-state index in [1.165, 1.54) is 11.8 Å². The van der Waals surface area contributed by atoms with Crippen LogP contribution in [-0.2, 0) is 19.1 Å². The van der Waals surface area contributed by atoms with Crippen molar-refractivity contribution in [2.24, 2.45) is 28.2 Å². The number of nitriles is 1. The lowest BCUT2D eigenvalue weighted by atomic mass is 9.94. The summed E-state index contributed by atoms with van der Waals surface area (Å²) in [5.74, 6) is -4.90. The maximum atomic E-state index is 13.7. The molecular formula is C27H37F3N5O5-. The normalized spacial score (nSPS) is 30.0. The third-order valence-electron chi connectivity index (χ3n) is 8.72. The summed E-state index contributed by atoms with van der Waals surface area (Å²) in [5.41, 5.74) is -1.46. The number of ether oxygens (including phenoxy) is 1. The molecule has 40 heavy (non-hydrogen) atoms. The summed E-state index contributed by atoms with van der Waals surface area (Å²) in [6.07, 6.45) is -4.08. The summed E-state index contributed by atoms with van der Waals surface area (Å²) < 4.78 is 45.2. The first kappa shape index (κ1) is 30.1. The molecule has 2 N–H and O–H groups in total. The average molecular weight is 569 g/mol. The van der Waals surface area contributed by atoms with E-state index >= 15 is 0 Å². The van der Waals surface area contributed by atoms with Gasteiger partial charge in [0.25, 0.3) is 0 Å². The van der Waals surface area contributed by atoms with Crippen LogP contribution in [-0.4, -0.2) is 76.6 Å². The van der Waals surface area contributed by atoms with Gasteiger partial charge in [-0.2, -0.15) is 18.4 Å². The Morgan fingerprint density at radius 1 is 1.23 bits per heavy atom. The molecule has 2 heterocycles. The zero-order chi connectivity index (χ0) is 30.0. The van der Waals surface area contributed by atoms with Gasteiger partial charge in [-0.15, -0.1) is 0 Å². The molecular weight excluding hydrogens is 531 g/mol. The van der Waals surface area contributed by atoms with Crippen molar-refractivity contribution >= 4 is 23.6 Å². The molecule has 13 heteroatoms. The molecule has 0 aromatic carbocycles. The van der Waals surface area contributed by atoms with Crippen molar-refractivity contribution in [3.05, 3.63) is 0 Å². The predicted octanol–water partition coefficient (Wildman–Crippen LogP) is 1.43. The van der Waals surface area contributed by atoms with Crippen molar-refractivity contribution in [2.45, 2.75) is 109 Å². The lowest BCUT2D eigenvalue weighted by Gasteiger charge is -2.36. The second-order valence-corrected chi connectivity index (χ2v) is 13.3. The van der Waals surface area contributed by atoms with Crippen molar-refractivity contribution in [3.63, 3.8) is 0 Å². The van der Waals surface area contributed by atoms with Gasteiger partial charge in [-0.05, 0) is 82.4 Å². The standard InChI is InChI=1S/C27H38F3N5O5/c1-13(40-24(2,3)4)18(33-23(39)27(28,29)30)22(38)35-12-16-17(25(16,5)6)19(35)21(37)32-15(11-31)9-14-10-26(7-8-26)34-20(14)36/h13-19H,7-10,12H2,1-6H3,(H,32,37)(H,33,39)(H,34,36)/p-1. The molecule has 222 valence electrons. The summed E-state index contributed by atoms with van der Waals surface area (Å²) in [4.78, 5) is 44.6. The molecule has 7 atom stereocenters. The van der Waals surface area contributed by atoms with Crippen molar-refractivity contribution < 1.29 is 37.4 Å². The highest BCUT2D eigenvalue weighted by molar-refractivity contribution is 5.95. The smallest absolute Gasteiger partial charge is 0.471 e. The van der Waals surface area contributed by atoms with E-state index in [0.717, 1.165) is 12.8 Å². The number of aliphatic imine (C=N–C) groups is 1. The molecule has 7 unspecified atom stereocenters. The van der Waals surface area contributed by atoms with E-state index in [4.69, 9.17) is 4.74 Å². The minimum absolute atomic E-state index is 0.0875. The third kappa shape index (κ3) is 5.92. The van der Waals surface area contributed by atoms with Crippen LogP contribution < -0.4 is 15.7 Å². The van der Waals surface area contributed by atoms with Gasteiger partial charge in [-0.25, -0.2) is 0 Å². The Balaban J connectivity index is 1.53. The van der Waals surface area contributed by atoms with Gasteiger partial charge in [0.2, 0.25) is 11.8 Å². The Bertz CT molecular complexity index is 1140. The lowest BCUT2D eigenvalue weighted by Crippen LogP contribution is -2.61. The van der Waals surface area contributed by atoms with E-state index in [-0.39, 0.29) is 41.7 Å². The molecule has 1 spiro atoms. The topological polar surface area (TPSA) is 147 Å². The number of halogens is 3. The maximum Gasteiger partial charge on any atom is 0.471 e. The maximum absolute atomic E-state index is 13.7. The highest BCUT2D eigenvalue weighted by Crippen LogP contribution is 2.65. The highest BCUT2D eigenvalue weighted by Gasteiger charge is 2.70. The van der Waals surface area contributed by atoms with Crippen LogP contribution in [0.3, 0.4) is 0 Å². The number of hydrogen-bond donors (Lipinski definition) is 2. The average Bonchev–Trinajstić information content (AvgIpc) is 3.53. The molecule has 0 bridgehead atoms. The molecule has 0 aromatic heterocycles. The number of alkyl halides is 3. The van der Waals surface area contributed by atoms with Crippen LogP contribution in [0.4, 0.5) is 13.2 Å². The van der Waals surface area contributed by atoms with Gasteiger partial charge in [0.15, 0.2) is 0 Å². The number of carbonyl (C=O) groups excluding carboxylic acids is 3. The van der Waals surface area contributed by atoms with Crippen LogP contribution in [0.1, 0.15) is 67.2 Å². The van der Waals surface area contributed by atoms with E-state index in [1.807, 2.05) is 19.9 Å². The Kier molecular flexibility index (Phi) is 7.44. The Morgan fingerprint density at radius 3 is 2.35 bits per heavy atom. The summed E-state index contributed by atoms with van der Waals surface area (Å²) in [5, 5.41) is 26.5. The zero-order valence-electron chi connectivity index (χ0n) is 23.6. The second-order valence-electron chi connectivity index (χ2n) is 13.3. The first-order valence-corrected chi connectivity index (χ1v) is 13.6. The molecule has 1 saturated heterocycles. The van der Waals surface area contributed by atoms with Gasteiger partial charge in [0.1, 0.15) is 18.1 Å². The van der Waals surface area contributed by atoms with Gasteiger partial charge >= 0.3 is 12.1 Å². The molecule has 4 aliphatic rings. The third-order valence-corrected chi connectivity index (χ3v) is 8.72. The van der Waals surface area contributed by atoms with Gasteiger partial charge in [-0.3, -0.25) is 19.4 Å². The highest BCUT2D eigenvalue weighted by atomic mass is 19.4. The lowest BCUT2D eigenvalue weighted by molar-refractivity contribution is -0.222. The molecule has 0 aromatic rings. The molecule has 2 saturated carbocycles. The van der Waals surface area contributed by atoms with Crippen LogP contribution in [0.25, 0.3) is 0 Å². The van der Waals surface area contributed by atoms with Gasteiger partial charge < -0.3 is 25.4 Å². The van der Waals surface area contributed by atoms with Crippen LogP contribution in [0.15, 0.2) is 4.99 Å². The number of piperidine rings is 1. The fraction of sp³-hybridized carbons (Fsp3) is 0.815. The van der Waals surface area contributed by atoms with E-state index < -0.39 is 59.6 Å². The quantitative estimate of drug-likeness (QED) is 0.453. The Morgan fingerprint density at radius 2 is 1.85 bits per heavy atom. The van der Waals surface area contributed by atoms with Crippen molar-refractivity contribution in [3.8, 4) is 6.07 Å². The summed E-state index contributed by atoms with van der Waals surface area (Å²) in [6.45, 7) is 10.4. The first-order valence-electron chi connectivity index (χ1n) is 13.6. The number of rotatable bonds is 8. The fourth-order valence-corrected chi connectivity index (χ4v) is 6.47. The minimum Gasteiger partial charge on any atom is -0.862 e. The van der Waals surface area contributed by atoms with Crippen molar-refractivity contribution in [2.75, 3.05) is 6.54 Å². The molecule has 3 fully saturated rings. The van der Waals surface area contributed by atoms with E-state index in [9.17, 15) is 37.9 Å². The van der Waals surface area contributed by atoms with Crippen LogP contribution in [0.2, 0.25) is 0 Å². The largest absolute Gasteiger partial charge is 0.862 e. The monoisotopic (exact) mass is 568 g/mol. The molecule has 0 radical (unpaired) electrons. The number of hydrogen-bond acceptors (Lipinski definition) is 7. The number of nitrogens with one attached hydrogen (secondary N) is 2. The number of fused-ring (bicyclic) bond motifs is 1. The Hall–Kier alpha value is -2.88. The number of carbonyl (C=O) groups is 3. The van der Waals surface area contributed by atoms with Gasteiger partial charge in [0, 0.05) is 6.54 Å². The predicted molar refractivity (Wildman–Crippen MR) is 134 cm³/mol. The molecule has 3 amide bonds. The van der Waals surface area contributed by atoms with Gasteiger partial charge in [-0.1, -0.05) is 13.8 Å². The van der Waals surface area contributed by atoms with E-state index in [2.05, 4.69) is 10.3 Å². The molecule has 10 nitrogen and oxygen atoms in total. The fourth-order valence-electron chi connectivity index (χ4n) is 6.47. The summed E-state index contributed by atoms with van der Waals surface area (Å²) in [6, 6.07) is -1.75. The summed E-state index contributed by atoms with van der Waals surface area (Å²) >= 11 is 0. The molecule has 4 rings (SSSR count). The first-order chi connectivity index (χ1) is 18.3. The SMILES string of the molecule is CC(OC(C)(C)C)C(NC(=O)C(F)(F)F)C(=O)N1CC2C(C1C(=O)NC(C#N)CC1CC3(CC3)N=C1[O-])C2(C)C. The minimum atomic E-state index is -5.23. The number of nitrogens with zero attached hydrogens (tertiary/aromatic N) is 3. The second kappa shape index (κ2) is 9.89. The van der Waals surface area contributed by atoms with Crippen LogP contribution in [0, 0.1) is 34.5 Å². The molecule has 2 aliphatic carbocycles. The van der Waals surface area contributed by atoms with Crippen LogP contribution >= 0.6 is 0 Å². The van der Waals surface area contributed by atoms with E-state index in [0.29, 0.717) is 6.42 Å². The molecule has 2 aliphatic heterocycles. The van der Waals surface area contributed by atoms with Crippen molar-refractivity contribution in [1.82, 2.24) is 15.5 Å². The summed E-state index contributed by atoms with van der Waals surface area (Å²) in [7, 11) is 0. The zero-order valence-corrected chi connectivity index (χ0v) is 23.6. The van der Waals surface area contributed by atoms with Crippen LogP contribution in [0.5, 0.6) is 0 Å². The Labute approximate surface area is 231 Å². The van der Waals surface area contributed by atoms with Gasteiger partial charge in [0.05, 0.1) is 23.3 Å². The van der Waals surface area contributed by atoms with Crippen molar-refractivity contribution in [1.29, 1.82) is 5.26 Å². The van der Waals surface area contributed by atoms with E-state index in [1.54, 1.807) is 26.1 Å². The number of likely N-dealkylation sites (tertiary alicyclic amines) is 1.